The predicted molar refractivity (Wildman–Crippen MR) is 97.8 cm³/mol. The molecule has 5 nitrogen and oxygen atoms in total. The van der Waals surface area contributed by atoms with Crippen LogP contribution in [0, 0.1) is 6.92 Å². The molecule has 1 N–H and O–H groups in total. The number of hydrogen-bond acceptors (Lipinski definition) is 5. The SMILES string of the molecule is CC(=O)C1Cc2c(nc3ccccc3c2C)C(N2CCOCC2)CN1. The Morgan fingerprint density at radius 3 is 2.80 bits per heavy atom. The third kappa shape index (κ3) is 3.08. The van der Waals surface area contributed by atoms with Gasteiger partial charge in [-0.3, -0.25) is 14.7 Å². The van der Waals surface area contributed by atoms with E-state index in [4.69, 9.17) is 9.72 Å². The Kier molecular flexibility index (Phi) is 4.54. The molecule has 132 valence electrons. The maximum Gasteiger partial charge on any atom is 0.147 e. The van der Waals surface area contributed by atoms with Crippen molar-refractivity contribution >= 4 is 16.7 Å². The van der Waals surface area contributed by atoms with Gasteiger partial charge in [-0.15, -0.1) is 0 Å². The number of morpholine rings is 1. The van der Waals surface area contributed by atoms with Crippen LogP contribution in [-0.2, 0) is 16.0 Å². The summed E-state index contributed by atoms with van der Waals surface area (Å²) < 4.78 is 5.53. The number of ether oxygens (including phenoxy) is 1. The van der Waals surface area contributed by atoms with Gasteiger partial charge in [-0.2, -0.15) is 0 Å². The minimum absolute atomic E-state index is 0.133. The van der Waals surface area contributed by atoms with E-state index in [1.165, 1.54) is 16.5 Å². The van der Waals surface area contributed by atoms with Gasteiger partial charge in [-0.1, -0.05) is 18.2 Å². The zero-order chi connectivity index (χ0) is 17.4. The molecule has 2 atom stereocenters. The summed E-state index contributed by atoms with van der Waals surface area (Å²) in [6.07, 6.45) is 0.717. The molecule has 0 aliphatic carbocycles. The monoisotopic (exact) mass is 339 g/mol. The zero-order valence-electron chi connectivity index (χ0n) is 14.9. The third-order valence-corrected chi connectivity index (χ3v) is 5.57. The van der Waals surface area contributed by atoms with Gasteiger partial charge in [0.15, 0.2) is 0 Å². The van der Waals surface area contributed by atoms with Crippen molar-refractivity contribution < 1.29 is 9.53 Å². The molecule has 2 aliphatic heterocycles. The third-order valence-electron chi connectivity index (χ3n) is 5.57. The summed E-state index contributed by atoms with van der Waals surface area (Å²) >= 11 is 0. The van der Waals surface area contributed by atoms with Crippen LogP contribution in [0.1, 0.15) is 29.8 Å². The van der Waals surface area contributed by atoms with E-state index in [0.717, 1.165) is 50.5 Å². The fraction of sp³-hybridized carbons (Fsp3) is 0.500. The van der Waals surface area contributed by atoms with Gasteiger partial charge >= 0.3 is 0 Å². The number of carbonyl (C=O) groups excluding carboxylic acids is 1. The average molecular weight is 339 g/mol. The molecule has 2 aliphatic rings. The van der Waals surface area contributed by atoms with Crippen LogP contribution in [0.3, 0.4) is 0 Å². The fourth-order valence-electron chi connectivity index (χ4n) is 4.08. The Labute approximate surface area is 148 Å². The molecule has 0 saturated carbocycles. The van der Waals surface area contributed by atoms with Crippen LogP contribution in [0.2, 0.25) is 0 Å². The van der Waals surface area contributed by atoms with Gasteiger partial charge in [0.2, 0.25) is 0 Å². The molecule has 0 spiro atoms. The Hall–Kier alpha value is -1.82. The molecule has 1 aromatic carbocycles. The smallest absolute Gasteiger partial charge is 0.147 e. The number of fused-ring (bicyclic) bond motifs is 2. The van der Waals surface area contributed by atoms with E-state index in [9.17, 15) is 4.79 Å². The van der Waals surface area contributed by atoms with Crippen LogP contribution in [0.5, 0.6) is 0 Å². The molecule has 25 heavy (non-hydrogen) atoms. The topological polar surface area (TPSA) is 54.5 Å². The number of carbonyl (C=O) groups is 1. The molecule has 0 amide bonds. The van der Waals surface area contributed by atoms with Crippen LogP contribution in [0.25, 0.3) is 10.9 Å². The molecule has 3 heterocycles. The first kappa shape index (κ1) is 16.6. The number of aryl methyl sites for hydroxylation is 1. The molecule has 2 unspecified atom stereocenters. The minimum Gasteiger partial charge on any atom is -0.379 e. The summed E-state index contributed by atoms with van der Waals surface area (Å²) in [5.74, 6) is 0.195. The largest absolute Gasteiger partial charge is 0.379 e. The number of aromatic nitrogens is 1. The number of hydrogen-bond donors (Lipinski definition) is 1. The van der Waals surface area contributed by atoms with E-state index in [-0.39, 0.29) is 17.9 Å². The lowest BCUT2D eigenvalue weighted by Gasteiger charge is -2.34. The number of benzene rings is 1. The highest BCUT2D eigenvalue weighted by Crippen LogP contribution is 2.32. The summed E-state index contributed by atoms with van der Waals surface area (Å²) in [5, 5.41) is 4.67. The highest BCUT2D eigenvalue weighted by molar-refractivity contribution is 5.85. The normalized spacial score (nSPS) is 24.7. The Balaban J connectivity index is 1.85. The number of pyridine rings is 1. The molecular weight excluding hydrogens is 314 g/mol. The van der Waals surface area contributed by atoms with Gasteiger partial charge < -0.3 is 10.1 Å². The van der Waals surface area contributed by atoms with Crippen molar-refractivity contribution in [3.8, 4) is 0 Å². The van der Waals surface area contributed by atoms with Crippen molar-refractivity contribution in [2.75, 3.05) is 32.8 Å². The van der Waals surface area contributed by atoms with E-state index in [1.54, 1.807) is 6.92 Å². The molecule has 1 saturated heterocycles. The second-order valence-corrected chi connectivity index (χ2v) is 7.06. The van der Waals surface area contributed by atoms with Gasteiger partial charge in [-0.05, 0) is 37.5 Å². The lowest BCUT2D eigenvalue weighted by atomic mass is 9.93. The second kappa shape index (κ2) is 6.83. The van der Waals surface area contributed by atoms with E-state index in [2.05, 4.69) is 35.3 Å². The predicted octanol–water partition coefficient (Wildman–Crippen LogP) is 2.02. The molecular formula is C20H25N3O2. The van der Waals surface area contributed by atoms with Crippen molar-refractivity contribution in [3.63, 3.8) is 0 Å². The van der Waals surface area contributed by atoms with Crippen LogP contribution in [0.15, 0.2) is 24.3 Å². The first-order valence-electron chi connectivity index (χ1n) is 9.09. The van der Waals surface area contributed by atoms with E-state index in [0.29, 0.717) is 0 Å². The Bertz CT molecular complexity index is 799. The number of ketones is 1. The number of Topliss-reactive ketones (excluding diaryl/α,β-unsaturated/α-hetero) is 1. The molecule has 2 aromatic rings. The number of para-hydroxylation sites is 1. The highest BCUT2D eigenvalue weighted by Gasteiger charge is 2.32. The Morgan fingerprint density at radius 2 is 2.04 bits per heavy atom. The summed E-state index contributed by atoms with van der Waals surface area (Å²) in [7, 11) is 0. The van der Waals surface area contributed by atoms with Crippen LogP contribution < -0.4 is 5.32 Å². The molecule has 5 heteroatoms. The molecule has 0 radical (unpaired) electrons. The highest BCUT2D eigenvalue weighted by atomic mass is 16.5. The molecule has 4 rings (SSSR count). The van der Waals surface area contributed by atoms with Crippen molar-refractivity contribution in [3.05, 3.63) is 41.1 Å². The molecule has 1 aromatic heterocycles. The summed E-state index contributed by atoms with van der Waals surface area (Å²) in [5.41, 5.74) is 4.67. The lowest BCUT2D eigenvalue weighted by molar-refractivity contribution is -0.119. The van der Waals surface area contributed by atoms with Gasteiger partial charge in [0, 0.05) is 25.0 Å². The summed E-state index contributed by atoms with van der Waals surface area (Å²) in [6.45, 7) is 7.93. The van der Waals surface area contributed by atoms with E-state index >= 15 is 0 Å². The number of rotatable bonds is 2. The minimum atomic E-state index is -0.133. The number of nitrogens with zero attached hydrogens (tertiary/aromatic N) is 2. The molecule has 1 fully saturated rings. The van der Waals surface area contributed by atoms with E-state index in [1.807, 2.05) is 6.07 Å². The Morgan fingerprint density at radius 1 is 1.28 bits per heavy atom. The maximum absolute atomic E-state index is 12.1. The molecule has 0 bridgehead atoms. The number of nitrogens with one attached hydrogen (secondary N) is 1. The average Bonchev–Trinajstić information content (AvgIpc) is 2.83. The van der Waals surface area contributed by atoms with Crippen LogP contribution in [-0.4, -0.2) is 54.6 Å². The van der Waals surface area contributed by atoms with Crippen molar-refractivity contribution in [2.45, 2.75) is 32.4 Å². The first-order valence-corrected chi connectivity index (χ1v) is 9.09. The standard InChI is InChI=1S/C20H25N3O2/c1-13-15-5-3-4-6-17(15)22-20-16(13)11-18(14(2)24)21-12-19(20)23-7-9-25-10-8-23/h3-6,18-19,21H,7-12H2,1-2H3. The maximum atomic E-state index is 12.1. The van der Waals surface area contributed by atoms with Gasteiger partial charge in [-0.25, -0.2) is 0 Å². The first-order chi connectivity index (χ1) is 12.1. The second-order valence-electron chi connectivity index (χ2n) is 7.06. The summed E-state index contributed by atoms with van der Waals surface area (Å²) in [6, 6.07) is 8.36. The zero-order valence-corrected chi connectivity index (χ0v) is 14.9. The van der Waals surface area contributed by atoms with Crippen molar-refractivity contribution in [1.82, 2.24) is 15.2 Å². The summed E-state index contributed by atoms with van der Waals surface area (Å²) in [4.78, 5) is 19.6. The van der Waals surface area contributed by atoms with Gasteiger partial charge in [0.05, 0.1) is 36.5 Å². The van der Waals surface area contributed by atoms with Gasteiger partial charge in [0.1, 0.15) is 5.78 Å². The fourth-order valence-corrected chi connectivity index (χ4v) is 4.08. The van der Waals surface area contributed by atoms with E-state index < -0.39 is 0 Å². The quantitative estimate of drug-likeness (QED) is 0.907. The van der Waals surface area contributed by atoms with Crippen LogP contribution >= 0.6 is 0 Å². The lowest BCUT2D eigenvalue weighted by Crippen LogP contribution is -2.44. The van der Waals surface area contributed by atoms with Crippen molar-refractivity contribution in [2.24, 2.45) is 0 Å². The van der Waals surface area contributed by atoms with Gasteiger partial charge in [0.25, 0.3) is 0 Å². The van der Waals surface area contributed by atoms with Crippen LogP contribution in [0.4, 0.5) is 0 Å². The van der Waals surface area contributed by atoms with Crippen molar-refractivity contribution in [1.29, 1.82) is 0 Å².